The number of fused-ring (bicyclic) bond motifs is 1. The van der Waals surface area contributed by atoms with Gasteiger partial charge in [0.15, 0.2) is 0 Å². The van der Waals surface area contributed by atoms with Gasteiger partial charge < -0.3 is 14.5 Å². The van der Waals surface area contributed by atoms with Gasteiger partial charge in [0.25, 0.3) is 0 Å². The number of nitrogens with one attached hydrogen (secondary N) is 1. The number of aromatic nitrogens is 1. The predicted octanol–water partition coefficient (Wildman–Crippen LogP) is 3.80. The molecule has 0 amide bonds. The Labute approximate surface area is 118 Å². The zero-order valence-corrected chi connectivity index (χ0v) is 11.4. The van der Waals surface area contributed by atoms with Crippen LogP contribution >= 0.6 is 0 Å². The molecular formula is C17H17NO2. The third-order valence-electron chi connectivity index (χ3n) is 3.32. The van der Waals surface area contributed by atoms with Crippen LogP contribution in [-0.4, -0.2) is 18.7 Å². The van der Waals surface area contributed by atoms with Crippen LogP contribution in [0.25, 0.3) is 10.9 Å². The summed E-state index contributed by atoms with van der Waals surface area (Å²) in [5.74, 6) is 1.78. The third kappa shape index (κ3) is 2.77. The monoisotopic (exact) mass is 267 g/mol. The Hall–Kier alpha value is -2.42. The van der Waals surface area contributed by atoms with Gasteiger partial charge >= 0.3 is 0 Å². The van der Waals surface area contributed by atoms with Crippen molar-refractivity contribution < 1.29 is 9.47 Å². The Balaban J connectivity index is 1.61. The van der Waals surface area contributed by atoms with Crippen molar-refractivity contribution in [2.75, 3.05) is 13.7 Å². The van der Waals surface area contributed by atoms with Crippen molar-refractivity contribution in [2.24, 2.45) is 0 Å². The van der Waals surface area contributed by atoms with E-state index in [-0.39, 0.29) is 0 Å². The molecule has 3 rings (SSSR count). The van der Waals surface area contributed by atoms with Crippen LogP contribution in [0.4, 0.5) is 0 Å². The van der Waals surface area contributed by atoms with Crippen molar-refractivity contribution in [2.45, 2.75) is 6.42 Å². The van der Waals surface area contributed by atoms with Crippen LogP contribution in [0.5, 0.6) is 11.5 Å². The van der Waals surface area contributed by atoms with Crippen LogP contribution in [0.2, 0.25) is 0 Å². The SMILES string of the molecule is COc1cccc(CCOc2ccc3cc[nH]c3c2)c1. The molecule has 3 heteroatoms. The number of benzene rings is 2. The number of methoxy groups -OCH3 is 1. The van der Waals surface area contributed by atoms with Crippen LogP contribution in [0.1, 0.15) is 5.56 Å². The minimum Gasteiger partial charge on any atom is -0.497 e. The lowest BCUT2D eigenvalue weighted by Gasteiger charge is -2.07. The minimum atomic E-state index is 0.652. The normalized spacial score (nSPS) is 10.7. The summed E-state index contributed by atoms with van der Waals surface area (Å²) in [6, 6.07) is 16.2. The maximum Gasteiger partial charge on any atom is 0.121 e. The Bertz CT molecular complexity index is 703. The molecule has 0 fully saturated rings. The first-order valence-corrected chi connectivity index (χ1v) is 6.68. The molecule has 0 unspecified atom stereocenters. The summed E-state index contributed by atoms with van der Waals surface area (Å²) in [7, 11) is 1.68. The number of hydrogen-bond donors (Lipinski definition) is 1. The highest BCUT2D eigenvalue weighted by molar-refractivity contribution is 5.80. The van der Waals surface area contributed by atoms with E-state index in [9.17, 15) is 0 Å². The number of rotatable bonds is 5. The largest absolute Gasteiger partial charge is 0.497 e. The number of H-pyrrole nitrogens is 1. The second-order valence-electron chi connectivity index (χ2n) is 4.68. The van der Waals surface area contributed by atoms with E-state index < -0.39 is 0 Å². The van der Waals surface area contributed by atoms with Crippen LogP contribution in [0.3, 0.4) is 0 Å². The van der Waals surface area contributed by atoms with E-state index in [1.54, 1.807) is 7.11 Å². The summed E-state index contributed by atoms with van der Waals surface area (Å²) in [6.45, 7) is 0.652. The molecule has 3 nitrogen and oxygen atoms in total. The molecule has 0 saturated carbocycles. The zero-order chi connectivity index (χ0) is 13.8. The summed E-state index contributed by atoms with van der Waals surface area (Å²) in [5.41, 5.74) is 2.31. The average molecular weight is 267 g/mol. The Morgan fingerprint density at radius 1 is 1.00 bits per heavy atom. The van der Waals surface area contributed by atoms with E-state index in [2.05, 4.69) is 23.2 Å². The highest BCUT2D eigenvalue weighted by Crippen LogP contribution is 2.20. The molecule has 0 aliphatic carbocycles. The molecule has 2 aromatic carbocycles. The van der Waals surface area contributed by atoms with Crippen molar-refractivity contribution in [1.82, 2.24) is 4.98 Å². The minimum absolute atomic E-state index is 0.652. The topological polar surface area (TPSA) is 34.2 Å². The first-order valence-electron chi connectivity index (χ1n) is 6.68. The molecule has 1 heterocycles. The molecule has 20 heavy (non-hydrogen) atoms. The van der Waals surface area contributed by atoms with Crippen LogP contribution in [-0.2, 0) is 6.42 Å². The van der Waals surface area contributed by atoms with Crippen molar-refractivity contribution in [1.29, 1.82) is 0 Å². The highest BCUT2D eigenvalue weighted by atomic mass is 16.5. The first kappa shape index (κ1) is 12.6. The van der Waals surface area contributed by atoms with Crippen molar-refractivity contribution in [3.05, 3.63) is 60.3 Å². The lowest BCUT2D eigenvalue weighted by atomic mass is 10.1. The summed E-state index contributed by atoms with van der Waals surface area (Å²) < 4.78 is 11.0. The highest BCUT2D eigenvalue weighted by Gasteiger charge is 2.00. The van der Waals surface area contributed by atoms with Gasteiger partial charge in [0.1, 0.15) is 11.5 Å². The Morgan fingerprint density at radius 3 is 2.85 bits per heavy atom. The van der Waals surface area contributed by atoms with Crippen molar-refractivity contribution in [3.63, 3.8) is 0 Å². The number of ether oxygens (including phenoxy) is 2. The molecule has 3 aromatic rings. The Morgan fingerprint density at radius 2 is 1.95 bits per heavy atom. The second-order valence-corrected chi connectivity index (χ2v) is 4.68. The molecule has 0 atom stereocenters. The van der Waals surface area contributed by atoms with Gasteiger partial charge in [0.2, 0.25) is 0 Å². The second kappa shape index (κ2) is 5.70. The number of aromatic amines is 1. The standard InChI is InChI=1S/C17H17NO2/c1-19-15-4-2-3-13(11-15)8-10-20-16-6-5-14-7-9-18-17(14)12-16/h2-7,9,11-12,18H,8,10H2,1H3. The fraction of sp³-hybridized carbons (Fsp3) is 0.176. The fourth-order valence-electron chi connectivity index (χ4n) is 2.23. The molecule has 0 radical (unpaired) electrons. The Kier molecular flexibility index (Phi) is 3.59. The van der Waals surface area contributed by atoms with Gasteiger partial charge in [-0.25, -0.2) is 0 Å². The van der Waals surface area contributed by atoms with Gasteiger partial charge in [-0.3, -0.25) is 0 Å². The summed E-state index contributed by atoms with van der Waals surface area (Å²) in [6.07, 6.45) is 2.80. The molecule has 0 saturated heterocycles. The van der Waals surface area contributed by atoms with E-state index in [0.717, 1.165) is 23.4 Å². The average Bonchev–Trinajstić information content (AvgIpc) is 2.95. The molecule has 0 spiro atoms. The third-order valence-corrected chi connectivity index (χ3v) is 3.32. The fourth-order valence-corrected chi connectivity index (χ4v) is 2.23. The summed E-state index contributed by atoms with van der Waals surface area (Å²) in [4.78, 5) is 3.19. The molecule has 0 aliphatic rings. The van der Waals surface area contributed by atoms with Gasteiger partial charge in [-0.05, 0) is 41.3 Å². The summed E-state index contributed by atoms with van der Waals surface area (Å²) >= 11 is 0. The van der Waals surface area contributed by atoms with E-state index in [1.165, 1.54) is 10.9 Å². The number of hydrogen-bond acceptors (Lipinski definition) is 2. The molecular weight excluding hydrogens is 250 g/mol. The van der Waals surface area contributed by atoms with Gasteiger partial charge in [-0.1, -0.05) is 12.1 Å². The van der Waals surface area contributed by atoms with Crippen LogP contribution in [0, 0.1) is 0 Å². The quantitative estimate of drug-likeness (QED) is 0.763. The van der Waals surface area contributed by atoms with E-state index in [1.807, 2.05) is 36.5 Å². The predicted molar refractivity (Wildman–Crippen MR) is 80.5 cm³/mol. The molecule has 102 valence electrons. The van der Waals surface area contributed by atoms with E-state index in [4.69, 9.17) is 9.47 Å². The van der Waals surface area contributed by atoms with Crippen molar-refractivity contribution in [3.8, 4) is 11.5 Å². The lowest BCUT2D eigenvalue weighted by molar-refractivity contribution is 0.322. The molecule has 1 aromatic heterocycles. The van der Waals surface area contributed by atoms with Crippen molar-refractivity contribution >= 4 is 10.9 Å². The zero-order valence-electron chi connectivity index (χ0n) is 11.4. The van der Waals surface area contributed by atoms with Crippen LogP contribution in [0.15, 0.2) is 54.7 Å². The molecule has 0 aliphatic heterocycles. The van der Waals surface area contributed by atoms with Gasteiger partial charge in [0, 0.05) is 24.2 Å². The molecule has 1 N–H and O–H groups in total. The van der Waals surface area contributed by atoms with Gasteiger partial charge in [-0.2, -0.15) is 0 Å². The van der Waals surface area contributed by atoms with Gasteiger partial charge in [-0.15, -0.1) is 0 Å². The van der Waals surface area contributed by atoms with E-state index in [0.29, 0.717) is 6.61 Å². The van der Waals surface area contributed by atoms with Crippen LogP contribution < -0.4 is 9.47 Å². The maximum absolute atomic E-state index is 5.80. The molecule has 0 bridgehead atoms. The smallest absolute Gasteiger partial charge is 0.121 e. The van der Waals surface area contributed by atoms with Gasteiger partial charge in [0.05, 0.1) is 13.7 Å². The lowest BCUT2D eigenvalue weighted by Crippen LogP contribution is -2.01. The maximum atomic E-state index is 5.80. The first-order chi connectivity index (χ1) is 9.85. The van der Waals surface area contributed by atoms with E-state index >= 15 is 0 Å². The summed E-state index contributed by atoms with van der Waals surface area (Å²) in [5, 5.41) is 1.20.